The molecule has 1 fully saturated rings. The van der Waals surface area contributed by atoms with Gasteiger partial charge in [-0.3, -0.25) is 4.79 Å². The Morgan fingerprint density at radius 2 is 1.79 bits per heavy atom. The van der Waals surface area contributed by atoms with E-state index in [9.17, 15) is 4.79 Å². The third kappa shape index (κ3) is 4.74. The van der Waals surface area contributed by atoms with Gasteiger partial charge >= 0.3 is 0 Å². The average molecular weight is 491 g/mol. The minimum atomic E-state index is -0.481. The van der Waals surface area contributed by atoms with E-state index < -0.39 is 6.29 Å². The van der Waals surface area contributed by atoms with Gasteiger partial charge in [0.25, 0.3) is 5.91 Å². The molecule has 146 valence electrons. The Balaban J connectivity index is 1.48. The summed E-state index contributed by atoms with van der Waals surface area (Å²) in [7, 11) is 0. The van der Waals surface area contributed by atoms with Gasteiger partial charge in [-0.05, 0) is 57.5 Å². The molecule has 2 atom stereocenters. The Labute approximate surface area is 178 Å². The molecule has 0 aromatic heterocycles. The van der Waals surface area contributed by atoms with Gasteiger partial charge in [0.2, 0.25) is 6.29 Å². The summed E-state index contributed by atoms with van der Waals surface area (Å²) in [6.07, 6.45) is 2.11. The van der Waals surface area contributed by atoms with Crippen LogP contribution in [0.5, 0.6) is 0 Å². The predicted octanol–water partition coefficient (Wildman–Crippen LogP) is 3.56. The van der Waals surface area contributed by atoms with E-state index in [0.717, 1.165) is 29.8 Å². The predicted molar refractivity (Wildman–Crippen MR) is 113 cm³/mol. The van der Waals surface area contributed by atoms with Gasteiger partial charge in [0, 0.05) is 29.0 Å². The van der Waals surface area contributed by atoms with Gasteiger partial charge in [-0.1, -0.05) is 36.4 Å². The van der Waals surface area contributed by atoms with Gasteiger partial charge in [-0.25, -0.2) is 0 Å². The largest absolute Gasteiger partial charge is 0.459 e. The first-order valence-corrected chi connectivity index (χ1v) is 10.4. The number of nitrogens with zero attached hydrogens (tertiary/aromatic N) is 1. The molecule has 0 bridgehead atoms. The minimum absolute atomic E-state index is 0.0251. The van der Waals surface area contributed by atoms with E-state index in [1.165, 1.54) is 3.57 Å². The monoisotopic (exact) mass is 491 g/mol. The highest BCUT2D eigenvalue weighted by Crippen LogP contribution is 2.33. The second-order valence-electron chi connectivity index (χ2n) is 7.05. The van der Waals surface area contributed by atoms with Gasteiger partial charge in [0.1, 0.15) is 0 Å². The lowest BCUT2D eigenvalue weighted by Crippen LogP contribution is -2.29. The van der Waals surface area contributed by atoms with E-state index in [1.807, 2.05) is 30.3 Å². The van der Waals surface area contributed by atoms with Gasteiger partial charge in [-0.15, -0.1) is 0 Å². The Kier molecular flexibility index (Phi) is 5.99. The van der Waals surface area contributed by atoms with E-state index in [0.29, 0.717) is 18.8 Å². The molecule has 1 saturated heterocycles. The SMILES string of the molecule is O=C(C1=C[C@H](c2ccc(I)cc2)C[C@H](OCc2ccc(CO)cc2)O1)N1CC1. The number of aliphatic hydroxyl groups is 1. The number of carbonyl (C=O) groups is 1. The smallest absolute Gasteiger partial charge is 0.288 e. The molecule has 4 rings (SSSR count). The minimum Gasteiger partial charge on any atom is -0.459 e. The summed E-state index contributed by atoms with van der Waals surface area (Å²) in [6.45, 7) is 1.99. The number of allylic oxidation sites excluding steroid dienone is 1. The fourth-order valence-electron chi connectivity index (χ4n) is 3.19. The van der Waals surface area contributed by atoms with Crippen molar-refractivity contribution in [3.8, 4) is 0 Å². The van der Waals surface area contributed by atoms with Crippen LogP contribution >= 0.6 is 22.6 Å². The lowest BCUT2D eigenvalue weighted by Gasteiger charge is -2.29. The fourth-order valence-corrected chi connectivity index (χ4v) is 3.55. The van der Waals surface area contributed by atoms with Crippen LogP contribution in [0.4, 0.5) is 0 Å². The Hall–Kier alpha value is -1.90. The number of benzene rings is 2. The molecule has 5 nitrogen and oxygen atoms in total. The van der Waals surface area contributed by atoms with E-state index in [2.05, 4.69) is 46.9 Å². The van der Waals surface area contributed by atoms with E-state index in [-0.39, 0.29) is 18.4 Å². The molecule has 0 saturated carbocycles. The Morgan fingerprint density at radius 3 is 2.43 bits per heavy atom. The first kappa shape index (κ1) is 19.4. The maximum Gasteiger partial charge on any atom is 0.288 e. The van der Waals surface area contributed by atoms with Gasteiger partial charge in [0.05, 0.1) is 13.2 Å². The highest BCUT2D eigenvalue weighted by atomic mass is 127. The summed E-state index contributed by atoms with van der Waals surface area (Å²) in [5, 5.41) is 9.15. The highest BCUT2D eigenvalue weighted by Gasteiger charge is 2.34. The maximum absolute atomic E-state index is 12.5. The van der Waals surface area contributed by atoms with Crippen molar-refractivity contribution < 1.29 is 19.4 Å². The van der Waals surface area contributed by atoms with Crippen LogP contribution in [0.15, 0.2) is 60.4 Å². The van der Waals surface area contributed by atoms with Gasteiger partial charge in [-0.2, -0.15) is 0 Å². The molecule has 2 aliphatic rings. The summed E-state index contributed by atoms with van der Waals surface area (Å²) in [5.74, 6) is 0.399. The molecule has 6 heteroatoms. The molecular formula is C22H22INO4. The zero-order valence-corrected chi connectivity index (χ0v) is 17.5. The molecule has 1 amide bonds. The number of amides is 1. The highest BCUT2D eigenvalue weighted by molar-refractivity contribution is 14.1. The van der Waals surface area contributed by atoms with Crippen molar-refractivity contribution in [2.45, 2.75) is 31.8 Å². The molecule has 0 aliphatic carbocycles. The molecule has 2 aromatic carbocycles. The zero-order valence-electron chi connectivity index (χ0n) is 15.4. The van der Waals surface area contributed by atoms with Crippen LogP contribution in [-0.4, -0.2) is 35.3 Å². The lowest BCUT2D eigenvalue weighted by atomic mass is 9.93. The molecule has 0 spiro atoms. The van der Waals surface area contributed by atoms with Crippen molar-refractivity contribution in [3.05, 3.63) is 80.6 Å². The van der Waals surface area contributed by atoms with Crippen LogP contribution in [0.1, 0.15) is 29.0 Å². The van der Waals surface area contributed by atoms with Crippen molar-refractivity contribution in [1.82, 2.24) is 4.90 Å². The topological polar surface area (TPSA) is 58.8 Å². The number of hydrogen-bond acceptors (Lipinski definition) is 4. The van der Waals surface area contributed by atoms with Crippen molar-refractivity contribution >= 4 is 28.5 Å². The zero-order chi connectivity index (χ0) is 19.5. The van der Waals surface area contributed by atoms with Crippen LogP contribution in [0, 0.1) is 3.57 Å². The van der Waals surface area contributed by atoms with E-state index in [4.69, 9.17) is 14.6 Å². The second-order valence-corrected chi connectivity index (χ2v) is 8.30. The Bertz CT molecular complexity index is 859. The molecule has 0 radical (unpaired) electrons. The summed E-state index contributed by atoms with van der Waals surface area (Å²) < 4.78 is 13.1. The number of aliphatic hydroxyl groups excluding tert-OH is 1. The first-order valence-electron chi connectivity index (χ1n) is 9.36. The van der Waals surface area contributed by atoms with Gasteiger partial charge in [0.15, 0.2) is 5.76 Å². The second kappa shape index (κ2) is 8.63. The number of hydrogen-bond donors (Lipinski definition) is 1. The normalized spacial score (nSPS) is 21.1. The van der Waals surface area contributed by atoms with Gasteiger partial charge < -0.3 is 19.5 Å². The molecule has 0 unspecified atom stereocenters. The summed E-state index contributed by atoms with van der Waals surface area (Å²) in [5.41, 5.74) is 3.02. The van der Waals surface area contributed by atoms with Crippen LogP contribution in [0.2, 0.25) is 0 Å². The van der Waals surface area contributed by atoms with E-state index in [1.54, 1.807) is 4.90 Å². The molecule has 1 N–H and O–H groups in total. The van der Waals surface area contributed by atoms with Crippen LogP contribution in [0.25, 0.3) is 0 Å². The number of halogens is 1. The fraction of sp³-hybridized carbons (Fsp3) is 0.318. The van der Waals surface area contributed by atoms with E-state index >= 15 is 0 Å². The third-order valence-electron chi connectivity index (χ3n) is 4.94. The number of ether oxygens (including phenoxy) is 2. The standard InChI is InChI=1S/C22H22INO4/c23-19-7-5-17(6-8-19)18-11-20(22(26)24-9-10-24)28-21(12-18)27-14-16-3-1-15(13-25)2-4-16/h1-8,11,18,21,25H,9-10,12-14H2/t18-,21+/m0/s1. The molecule has 2 heterocycles. The van der Waals surface area contributed by atoms with Crippen molar-refractivity contribution in [3.63, 3.8) is 0 Å². The molecule has 28 heavy (non-hydrogen) atoms. The summed E-state index contributed by atoms with van der Waals surface area (Å²) in [4.78, 5) is 14.3. The van der Waals surface area contributed by atoms with Crippen molar-refractivity contribution in [2.75, 3.05) is 13.1 Å². The van der Waals surface area contributed by atoms with Crippen LogP contribution < -0.4 is 0 Å². The summed E-state index contributed by atoms with van der Waals surface area (Å²) in [6, 6.07) is 16.0. The first-order chi connectivity index (χ1) is 13.6. The molecular weight excluding hydrogens is 469 g/mol. The number of rotatable bonds is 6. The van der Waals surface area contributed by atoms with Crippen molar-refractivity contribution in [2.24, 2.45) is 0 Å². The van der Waals surface area contributed by atoms with Crippen LogP contribution in [-0.2, 0) is 27.5 Å². The lowest BCUT2D eigenvalue weighted by molar-refractivity contribution is -0.152. The Morgan fingerprint density at radius 1 is 1.11 bits per heavy atom. The number of carbonyl (C=O) groups excluding carboxylic acids is 1. The van der Waals surface area contributed by atoms with Crippen molar-refractivity contribution in [1.29, 1.82) is 0 Å². The molecule has 2 aromatic rings. The molecule has 2 aliphatic heterocycles. The quantitative estimate of drug-likeness (QED) is 0.496. The average Bonchev–Trinajstić information content (AvgIpc) is 3.58. The van der Waals surface area contributed by atoms with Crippen LogP contribution in [0.3, 0.4) is 0 Å². The third-order valence-corrected chi connectivity index (χ3v) is 5.66. The summed E-state index contributed by atoms with van der Waals surface area (Å²) >= 11 is 2.29. The maximum atomic E-state index is 12.5.